The molecule has 3 nitrogen and oxygen atoms in total. The summed E-state index contributed by atoms with van der Waals surface area (Å²) < 4.78 is 23.5. The molecule has 1 fully saturated rings. The largest absolute Gasteiger partial charge is 0.382 e. The van der Waals surface area contributed by atoms with E-state index in [1.54, 1.807) is 12.1 Å². The molecule has 118 valence electrons. The molecule has 1 N–H and O–H groups in total. The van der Waals surface area contributed by atoms with Gasteiger partial charge in [-0.05, 0) is 49.3 Å². The zero-order chi connectivity index (χ0) is 15.6. The van der Waals surface area contributed by atoms with E-state index in [0.717, 1.165) is 11.3 Å². The van der Waals surface area contributed by atoms with Gasteiger partial charge < -0.3 is 5.32 Å². The Morgan fingerprint density at radius 2 is 1.86 bits per heavy atom. The lowest BCUT2D eigenvalue weighted by molar-refractivity contribution is 0.253. The third-order valence-corrected chi connectivity index (χ3v) is 5.76. The molecule has 1 aromatic carbocycles. The third kappa shape index (κ3) is 4.00. The van der Waals surface area contributed by atoms with Crippen LogP contribution < -0.4 is 5.32 Å². The number of aryl methyl sites for hydroxylation is 1. The molecule has 2 unspecified atom stereocenters. The quantitative estimate of drug-likeness (QED) is 0.913. The molecule has 4 heteroatoms. The van der Waals surface area contributed by atoms with Crippen molar-refractivity contribution in [2.24, 2.45) is 11.8 Å². The van der Waals surface area contributed by atoms with Gasteiger partial charge >= 0.3 is 0 Å². The van der Waals surface area contributed by atoms with E-state index in [1.165, 1.54) is 31.9 Å². The molecule has 0 aliphatic heterocycles. The smallest absolute Gasteiger partial charge is 0.175 e. The van der Waals surface area contributed by atoms with Crippen LogP contribution in [0.5, 0.6) is 0 Å². The monoisotopic (exact) mass is 309 g/mol. The molecule has 1 aromatic rings. The minimum atomic E-state index is -3.15. The predicted molar refractivity (Wildman–Crippen MR) is 88.5 cm³/mol. The number of sulfone groups is 1. The van der Waals surface area contributed by atoms with Crippen LogP contribution in [-0.2, 0) is 9.84 Å². The van der Waals surface area contributed by atoms with E-state index in [0.29, 0.717) is 22.8 Å². The Morgan fingerprint density at radius 3 is 2.48 bits per heavy atom. The lowest BCUT2D eigenvalue weighted by Crippen LogP contribution is -2.35. The Bertz CT molecular complexity index is 593. The number of hydrogen-bond donors (Lipinski definition) is 1. The van der Waals surface area contributed by atoms with Crippen LogP contribution in [0.2, 0.25) is 0 Å². The summed E-state index contributed by atoms with van der Waals surface area (Å²) in [5.74, 6) is 1.32. The van der Waals surface area contributed by atoms with Crippen molar-refractivity contribution in [1.29, 1.82) is 0 Å². The summed E-state index contributed by atoms with van der Waals surface area (Å²) in [6.07, 6.45) is 6.26. The van der Waals surface area contributed by atoms with Gasteiger partial charge in [0.25, 0.3) is 0 Å². The standard InChI is InChI=1S/C17H27NO2S/c1-12(2)15-7-5-6-8-16(15)18-17-11-14(21(4,19)20)10-9-13(17)3/h9-12,15-16,18H,5-8H2,1-4H3. The first-order chi connectivity index (χ1) is 9.79. The van der Waals surface area contributed by atoms with Crippen molar-refractivity contribution in [3.8, 4) is 0 Å². The Hall–Kier alpha value is -1.03. The first-order valence-corrected chi connectivity index (χ1v) is 9.75. The fourth-order valence-corrected chi connectivity index (χ4v) is 3.97. The highest BCUT2D eigenvalue weighted by atomic mass is 32.2. The molecule has 0 amide bonds. The summed E-state index contributed by atoms with van der Waals surface area (Å²) in [5, 5.41) is 3.63. The molecule has 21 heavy (non-hydrogen) atoms. The van der Waals surface area contributed by atoms with Crippen molar-refractivity contribution >= 4 is 15.5 Å². The molecule has 0 heterocycles. The van der Waals surface area contributed by atoms with Crippen LogP contribution in [0.4, 0.5) is 5.69 Å². The highest BCUT2D eigenvalue weighted by molar-refractivity contribution is 7.90. The van der Waals surface area contributed by atoms with Crippen LogP contribution in [0.3, 0.4) is 0 Å². The van der Waals surface area contributed by atoms with Crippen LogP contribution in [0.25, 0.3) is 0 Å². The predicted octanol–water partition coefficient (Wildman–Crippen LogP) is 4.03. The molecule has 0 spiro atoms. The Balaban J connectivity index is 2.25. The number of hydrogen-bond acceptors (Lipinski definition) is 3. The topological polar surface area (TPSA) is 46.2 Å². The fraction of sp³-hybridized carbons (Fsp3) is 0.647. The SMILES string of the molecule is Cc1ccc(S(C)(=O)=O)cc1NC1CCCCC1C(C)C. The molecule has 1 aliphatic rings. The Morgan fingerprint density at radius 1 is 1.19 bits per heavy atom. The van der Waals surface area contributed by atoms with Gasteiger partial charge in [-0.15, -0.1) is 0 Å². The summed E-state index contributed by atoms with van der Waals surface area (Å²) in [6, 6.07) is 5.83. The van der Waals surface area contributed by atoms with Crippen LogP contribution in [-0.4, -0.2) is 20.7 Å². The molecule has 1 aliphatic carbocycles. The maximum Gasteiger partial charge on any atom is 0.175 e. The molecule has 0 bridgehead atoms. The molecule has 2 atom stereocenters. The summed E-state index contributed by atoms with van der Waals surface area (Å²) in [5.41, 5.74) is 2.07. The number of benzene rings is 1. The lowest BCUT2D eigenvalue weighted by atomic mass is 9.77. The van der Waals surface area contributed by atoms with E-state index in [1.807, 2.05) is 13.0 Å². The van der Waals surface area contributed by atoms with Crippen molar-refractivity contribution < 1.29 is 8.42 Å². The molecule has 0 radical (unpaired) electrons. The van der Waals surface area contributed by atoms with Gasteiger partial charge in [-0.3, -0.25) is 0 Å². The van der Waals surface area contributed by atoms with E-state index >= 15 is 0 Å². The maximum atomic E-state index is 11.7. The lowest BCUT2D eigenvalue weighted by Gasteiger charge is -2.36. The van der Waals surface area contributed by atoms with Gasteiger partial charge in [0.05, 0.1) is 4.90 Å². The normalized spacial score (nSPS) is 23.3. The van der Waals surface area contributed by atoms with Crippen LogP contribution in [0.1, 0.15) is 45.1 Å². The maximum absolute atomic E-state index is 11.7. The second-order valence-corrected chi connectivity index (χ2v) is 8.71. The van der Waals surface area contributed by atoms with Gasteiger partial charge in [0, 0.05) is 18.0 Å². The fourth-order valence-electron chi connectivity index (χ4n) is 3.32. The molecular weight excluding hydrogens is 282 g/mol. The van der Waals surface area contributed by atoms with Crippen LogP contribution in [0, 0.1) is 18.8 Å². The average Bonchev–Trinajstić information content (AvgIpc) is 2.40. The minimum Gasteiger partial charge on any atom is -0.382 e. The van der Waals surface area contributed by atoms with Crippen LogP contribution in [0.15, 0.2) is 23.1 Å². The van der Waals surface area contributed by atoms with Crippen molar-refractivity contribution in [3.63, 3.8) is 0 Å². The second-order valence-electron chi connectivity index (χ2n) is 6.69. The van der Waals surface area contributed by atoms with Crippen molar-refractivity contribution in [2.75, 3.05) is 11.6 Å². The van der Waals surface area contributed by atoms with Gasteiger partial charge in [-0.2, -0.15) is 0 Å². The molecule has 0 saturated heterocycles. The second kappa shape index (κ2) is 6.39. The third-order valence-electron chi connectivity index (χ3n) is 4.65. The highest BCUT2D eigenvalue weighted by Crippen LogP contribution is 2.33. The van der Waals surface area contributed by atoms with Gasteiger partial charge in [0.2, 0.25) is 0 Å². The number of rotatable bonds is 4. The van der Waals surface area contributed by atoms with Crippen molar-refractivity contribution in [1.82, 2.24) is 0 Å². The number of anilines is 1. The summed E-state index contributed by atoms with van der Waals surface area (Å²) >= 11 is 0. The van der Waals surface area contributed by atoms with Crippen molar-refractivity contribution in [3.05, 3.63) is 23.8 Å². The minimum absolute atomic E-state index is 0.396. The van der Waals surface area contributed by atoms with Gasteiger partial charge in [0.1, 0.15) is 0 Å². The Labute approximate surface area is 129 Å². The molecule has 1 saturated carbocycles. The zero-order valence-corrected chi connectivity index (χ0v) is 14.3. The van der Waals surface area contributed by atoms with E-state index in [9.17, 15) is 8.42 Å². The summed E-state index contributed by atoms with van der Waals surface area (Å²) in [7, 11) is -3.15. The van der Waals surface area contributed by atoms with Gasteiger partial charge in [-0.25, -0.2) is 8.42 Å². The first-order valence-electron chi connectivity index (χ1n) is 7.86. The van der Waals surface area contributed by atoms with E-state index < -0.39 is 9.84 Å². The molecular formula is C17H27NO2S. The van der Waals surface area contributed by atoms with Gasteiger partial charge in [-0.1, -0.05) is 32.8 Å². The highest BCUT2D eigenvalue weighted by Gasteiger charge is 2.27. The average molecular weight is 309 g/mol. The Kier molecular flexibility index (Phi) is 4.97. The first kappa shape index (κ1) is 16.3. The van der Waals surface area contributed by atoms with Crippen molar-refractivity contribution in [2.45, 2.75) is 57.4 Å². The van der Waals surface area contributed by atoms with Crippen LogP contribution >= 0.6 is 0 Å². The molecule has 0 aromatic heterocycles. The molecule has 2 rings (SSSR count). The van der Waals surface area contributed by atoms with Gasteiger partial charge in [0.15, 0.2) is 9.84 Å². The summed E-state index contributed by atoms with van der Waals surface area (Å²) in [4.78, 5) is 0.396. The summed E-state index contributed by atoms with van der Waals surface area (Å²) in [6.45, 7) is 6.59. The number of nitrogens with one attached hydrogen (secondary N) is 1. The van der Waals surface area contributed by atoms with E-state index in [-0.39, 0.29) is 0 Å². The van der Waals surface area contributed by atoms with E-state index in [2.05, 4.69) is 19.2 Å². The van der Waals surface area contributed by atoms with E-state index in [4.69, 9.17) is 0 Å². The zero-order valence-electron chi connectivity index (χ0n) is 13.5.